The summed E-state index contributed by atoms with van der Waals surface area (Å²) >= 11 is 8.05. The van der Waals surface area contributed by atoms with Crippen molar-refractivity contribution in [3.05, 3.63) is 66.9 Å². The van der Waals surface area contributed by atoms with Crippen molar-refractivity contribution < 1.29 is 9.50 Å². The quantitative estimate of drug-likeness (QED) is 0.522. The molecule has 0 saturated heterocycles. The van der Waals surface area contributed by atoms with Gasteiger partial charge in [0.1, 0.15) is 11.6 Å². The van der Waals surface area contributed by atoms with Crippen molar-refractivity contribution in [1.82, 2.24) is 4.68 Å². The number of thiazole rings is 1. The zero-order valence-corrected chi connectivity index (χ0v) is 16.9. The number of hydrogen-bond acceptors (Lipinski definition) is 4. The highest BCUT2D eigenvalue weighted by Gasteiger charge is 2.08. The van der Waals surface area contributed by atoms with E-state index >= 15 is 0 Å². The Balaban J connectivity index is 2.05. The third kappa shape index (κ3) is 3.91. The van der Waals surface area contributed by atoms with Gasteiger partial charge in [0.15, 0.2) is 0 Å². The zero-order chi connectivity index (χ0) is 18.0. The van der Waals surface area contributed by atoms with Crippen LogP contribution in [0.15, 0.2) is 60.8 Å². The molecule has 0 atom stereocenters. The fraction of sp³-hybridized carbons (Fsp3) is 0.0588. The largest absolute Gasteiger partial charge is 0.506 e. The smallest absolute Gasteiger partial charge is 0.205 e. The number of rotatable bonds is 3. The standard InChI is InChI=1S/C17H12Br2FN3OS/c1-21-17-23(15(9-25-17)11-2-4-12(20)5-3-11)22-8-10-6-13(18)16(24)14(19)7-10/h2-9,24H,1H3/b21-17?,22-8+. The minimum Gasteiger partial charge on any atom is -0.506 e. The monoisotopic (exact) mass is 483 g/mol. The molecule has 0 aliphatic rings. The van der Waals surface area contributed by atoms with E-state index in [1.165, 1.54) is 23.5 Å². The Kier molecular flexibility index (Phi) is 5.51. The van der Waals surface area contributed by atoms with Gasteiger partial charge in [-0.05, 0) is 73.8 Å². The highest BCUT2D eigenvalue weighted by atomic mass is 79.9. The lowest BCUT2D eigenvalue weighted by molar-refractivity contribution is 0.468. The van der Waals surface area contributed by atoms with Gasteiger partial charge in [0.2, 0.25) is 4.80 Å². The number of aromatic nitrogens is 1. The summed E-state index contributed by atoms with van der Waals surface area (Å²) in [6.07, 6.45) is 1.67. The molecule has 3 aromatic rings. The lowest BCUT2D eigenvalue weighted by atomic mass is 10.2. The van der Waals surface area contributed by atoms with E-state index in [1.807, 2.05) is 5.38 Å². The number of aromatic hydroxyl groups is 1. The molecule has 4 nitrogen and oxygen atoms in total. The van der Waals surface area contributed by atoms with E-state index < -0.39 is 0 Å². The van der Waals surface area contributed by atoms with E-state index in [4.69, 9.17) is 0 Å². The van der Waals surface area contributed by atoms with Crippen LogP contribution < -0.4 is 4.80 Å². The number of halogens is 3. The molecular formula is C17H12Br2FN3OS. The van der Waals surface area contributed by atoms with Crippen molar-refractivity contribution in [2.24, 2.45) is 10.1 Å². The Labute approximate surface area is 164 Å². The van der Waals surface area contributed by atoms with Crippen molar-refractivity contribution in [3.63, 3.8) is 0 Å². The summed E-state index contributed by atoms with van der Waals surface area (Å²) in [5, 5.41) is 16.2. The fourth-order valence-electron chi connectivity index (χ4n) is 2.17. The molecule has 0 bridgehead atoms. The third-order valence-corrected chi connectivity index (χ3v) is 5.49. The van der Waals surface area contributed by atoms with Crippen LogP contribution in [-0.4, -0.2) is 23.0 Å². The molecule has 0 fully saturated rings. The topological polar surface area (TPSA) is 49.9 Å². The van der Waals surface area contributed by atoms with Crippen LogP contribution in [-0.2, 0) is 0 Å². The Morgan fingerprint density at radius 3 is 2.40 bits per heavy atom. The molecule has 0 radical (unpaired) electrons. The Hall–Kier alpha value is -1.77. The molecule has 128 valence electrons. The molecule has 1 aromatic heterocycles. The Morgan fingerprint density at radius 2 is 1.80 bits per heavy atom. The summed E-state index contributed by atoms with van der Waals surface area (Å²) < 4.78 is 16.0. The van der Waals surface area contributed by atoms with Crippen molar-refractivity contribution in [2.75, 3.05) is 7.05 Å². The molecule has 3 rings (SSSR count). The van der Waals surface area contributed by atoms with Gasteiger partial charge in [0.25, 0.3) is 0 Å². The maximum absolute atomic E-state index is 13.2. The number of phenolic OH excluding ortho intramolecular Hbond substituents is 1. The average molecular weight is 485 g/mol. The van der Waals surface area contributed by atoms with Crippen LogP contribution in [0.2, 0.25) is 0 Å². The SMILES string of the molecule is CN=c1scc(-c2ccc(F)cc2)n1/N=C/c1cc(Br)c(O)c(Br)c1. The van der Waals surface area contributed by atoms with E-state index in [9.17, 15) is 9.50 Å². The predicted octanol–water partition coefficient (Wildman–Crippen LogP) is 5.00. The van der Waals surface area contributed by atoms with E-state index in [1.54, 1.807) is 42.2 Å². The lowest BCUT2D eigenvalue weighted by Crippen LogP contribution is -2.11. The van der Waals surface area contributed by atoms with Crippen molar-refractivity contribution in [1.29, 1.82) is 0 Å². The van der Waals surface area contributed by atoms with E-state index in [0.29, 0.717) is 13.7 Å². The first-order chi connectivity index (χ1) is 12.0. The number of nitrogens with zero attached hydrogens (tertiary/aromatic N) is 3. The number of phenols is 1. The van der Waals surface area contributed by atoms with Gasteiger partial charge >= 0.3 is 0 Å². The molecule has 0 spiro atoms. The Morgan fingerprint density at radius 1 is 1.16 bits per heavy atom. The van der Waals surface area contributed by atoms with Gasteiger partial charge in [-0.1, -0.05) is 0 Å². The van der Waals surface area contributed by atoms with Crippen LogP contribution in [0.1, 0.15) is 5.56 Å². The van der Waals surface area contributed by atoms with Crippen LogP contribution >= 0.6 is 43.2 Å². The summed E-state index contributed by atoms with van der Waals surface area (Å²) in [6, 6.07) is 9.76. The Bertz CT molecular complexity index is 986. The minimum absolute atomic E-state index is 0.136. The molecule has 25 heavy (non-hydrogen) atoms. The third-order valence-electron chi connectivity index (χ3n) is 3.38. The molecule has 1 N–H and O–H groups in total. The lowest BCUT2D eigenvalue weighted by Gasteiger charge is -2.04. The van der Waals surface area contributed by atoms with Crippen molar-refractivity contribution >= 4 is 49.4 Å². The zero-order valence-electron chi connectivity index (χ0n) is 12.9. The van der Waals surface area contributed by atoms with Crippen LogP contribution in [0, 0.1) is 5.82 Å². The maximum Gasteiger partial charge on any atom is 0.205 e. The number of hydrogen-bond donors (Lipinski definition) is 1. The molecule has 0 aliphatic carbocycles. The second-order valence-electron chi connectivity index (χ2n) is 5.02. The molecule has 1 heterocycles. The molecule has 0 aliphatic heterocycles. The summed E-state index contributed by atoms with van der Waals surface area (Å²) in [5.74, 6) is -0.148. The second-order valence-corrected chi connectivity index (χ2v) is 7.57. The van der Waals surface area contributed by atoms with Gasteiger partial charge in [-0.2, -0.15) is 5.10 Å². The highest BCUT2D eigenvalue weighted by Crippen LogP contribution is 2.32. The summed E-state index contributed by atoms with van der Waals surface area (Å²) in [6.45, 7) is 0. The molecule has 0 saturated carbocycles. The fourth-order valence-corrected chi connectivity index (χ4v) is 4.19. The maximum atomic E-state index is 13.2. The van der Waals surface area contributed by atoms with Gasteiger partial charge in [-0.3, -0.25) is 4.99 Å². The van der Waals surface area contributed by atoms with Gasteiger partial charge in [-0.15, -0.1) is 11.3 Å². The molecule has 0 unspecified atom stereocenters. The number of benzene rings is 2. The minimum atomic E-state index is -0.284. The second kappa shape index (κ2) is 7.63. The van der Waals surface area contributed by atoms with Gasteiger partial charge in [0, 0.05) is 18.0 Å². The summed E-state index contributed by atoms with van der Waals surface area (Å²) in [5.41, 5.74) is 2.46. The highest BCUT2D eigenvalue weighted by molar-refractivity contribution is 9.11. The normalized spacial score (nSPS) is 12.2. The van der Waals surface area contributed by atoms with Crippen LogP contribution in [0.3, 0.4) is 0 Å². The van der Waals surface area contributed by atoms with E-state index in [2.05, 4.69) is 42.0 Å². The summed E-state index contributed by atoms with van der Waals surface area (Å²) in [7, 11) is 1.69. The first-order valence-electron chi connectivity index (χ1n) is 7.11. The van der Waals surface area contributed by atoms with Gasteiger partial charge < -0.3 is 5.11 Å². The van der Waals surface area contributed by atoms with Gasteiger partial charge in [-0.25, -0.2) is 9.07 Å². The van der Waals surface area contributed by atoms with Crippen molar-refractivity contribution in [2.45, 2.75) is 0 Å². The van der Waals surface area contributed by atoms with Gasteiger partial charge in [0.05, 0.1) is 20.9 Å². The van der Waals surface area contributed by atoms with Crippen LogP contribution in [0.4, 0.5) is 4.39 Å². The summed E-state index contributed by atoms with van der Waals surface area (Å²) in [4.78, 5) is 4.95. The van der Waals surface area contributed by atoms with E-state index in [0.717, 1.165) is 16.8 Å². The molecule has 0 amide bonds. The van der Waals surface area contributed by atoms with Crippen molar-refractivity contribution in [3.8, 4) is 17.0 Å². The van der Waals surface area contributed by atoms with E-state index in [-0.39, 0.29) is 11.6 Å². The molecular weight excluding hydrogens is 473 g/mol. The van der Waals surface area contributed by atoms with Crippen LogP contribution in [0.25, 0.3) is 11.3 Å². The first-order valence-corrected chi connectivity index (χ1v) is 9.58. The first kappa shape index (κ1) is 18.0. The molecule has 8 heteroatoms. The average Bonchev–Trinajstić information content (AvgIpc) is 3.01. The molecule has 2 aromatic carbocycles. The predicted molar refractivity (Wildman–Crippen MR) is 106 cm³/mol. The van der Waals surface area contributed by atoms with Crippen LogP contribution in [0.5, 0.6) is 5.75 Å².